The fourth-order valence-corrected chi connectivity index (χ4v) is 1.30. The van der Waals surface area contributed by atoms with E-state index in [1.54, 1.807) is 19.3 Å². The van der Waals surface area contributed by atoms with Gasteiger partial charge in [0, 0.05) is 6.08 Å². The highest BCUT2D eigenvalue weighted by Crippen LogP contribution is 2.28. The third-order valence-electron chi connectivity index (χ3n) is 2.10. The van der Waals surface area contributed by atoms with Crippen LogP contribution in [0.2, 0.25) is 0 Å². The summed E-state index contributed by atoms with van der Waals surface area (Å²) >= 11 is 0. The molecule has 0 atom stereocenters. The van der Waals surface area contributed by atoms with Crippen molar-refractivity contribution in [1.82, 2.24) is 0 Å². The number of carbonyl (C=O) groups excluding carboxylic acids is 1. The van der Waals surface area contributed by atoms with Gasteiger partial charge in [0.2, 0.25) is 0 Å². The van der Waals surface area contributed by atoms with Crippen LogP contribution in [0.1, 0.15) is 12.5 Å². The molecule has 0 saturated carbocycles. The van der Waals surface area contributed by atoms with Crippen molar-refractivity contribution < 1.29 is 19.0 Å². The predicted octanol–water partition coefficient (Wildman–Crippen LogP) is 2.28. The van der Waals surface area contributed by atoms with Crippen LogP contribution in [0.25, 0.3) is 6.08 Å². The lowest BCUT2D eigenvalue weighted by molar-refractivity contribution is -0.134. The van der Waals surface area contributed by atoms with Crippen LogP contribution >= 0.6 is 0 Å². The van der Waals surface area contributed by atoms with Gasteiger partial charge in [-0.25, -0.2) is 4.79 Å². The maximum atomic E-state index is 11.0. The number of methoxy groups -OCH3 is 2. The first-order chi connectivity index (χ1) is 8.21. The molecule has 0 aliphatic rings. The third kappa shape index (κ3) is 3.83. The van der Waals surface area contributed by atoms with Gasteiger partial charge in [0.1, 0.15) is 0 Å². The zero-order valence-electron chi connectivity index (χ0n) is 10.2. The van der Waals surface area contributed by atoms with Gasteiger partial charge >= 0.3 is 5.97 Å². The average molecular weight is 236 g/mol. The summed E-state index contributed by atoms with van der Waals surface area (Å²) in [5.74, 6) is 0.933. The molecule has 0 aliphatic carbocycles. The molecule has 0 heterocycles. The Bertz CT molecular complexity index is 410. The van der Waals surface area contributed by atoms with Crippen molar-refractivity contribution in [2.45, 2.75) is 6.92 Å². The summed E-state index contributed by atoms with van der Waals surface area (Å²) in [6, 6.07) is 5.44. The highest BCUT2D eigenvalue weighted by Gasteiger charge is 2.03. The van der Waals surface area contributed by atoms with Gasteiger partial charge in [-0.2, -0.15) is 0 Å². The van der Waals surface area contributed by atoms with Gasteiger partial charge in [-0.1, -0.05) is 6.07 Å². The van der Waals surface area contributed by atoms with E-state index in [0.717, 1.165) is 5.56 Å². The van der Waals surface area contributed by atoms with Crippen molar-refractivity contribution in [3.63, 3.8) is 0 Å². The lowest BCUT2D eigenvalue weighted by atomic mass is 10.2. The number of benzene rings is 1. The van der Waals surface area contributed by atoms with Crippen LogP contribution in [-0.2, 0) is 9.53 Å². The molecule has 0 fully saturated rings. The molecule has 1 aromatic carbocycles. The second-order valence-electron chi connectivity index (χ2n) is 3.20. The Kier molecular flexibility index (Phi) is 5.07. The van der Waals surface area contributed by atoms with E-state index in [4.69, 9.17) is 9.47 Å². The second kappa shape index (κ2) is 6.58. The van der Waals surface area contributed by atoms with Crippen molar-refractivity contribution in [2.75, 3.05) is 20.8 Å². The van der Waals surface area contributed by atoms with Crippen molar-refractivity contribution >= 4 is 12.0 Å². The quantitative estimate of drug-likeness (QED) is 0.581. The monoisotopic (exact) mass is 236 g/mol. The molecule has 0 spiro atoms. The summed E-state index contributed by atoms with van der Waals surface area (Å²) in [5, 5.41) is 0. The molecule has 0 aromatic heterocycles. The van der Waals surface area contributed by atoms with Gasteiger partial charge in [-0.05, 0) is 30.7 Å². The summed E-state index contributed by atoms with van der Waals surface area (Å²) in [6.45, 7) is 2.46. The predicted molar refractivity (Wildman–Crippen MR) is 65.2 cm³/mol. The number of ether oxygens (including phenoxy) is 3. The molecule has 0 amide bonds. The topological polar surface area (TPSA) is 44.8 Å². The first-order valence-electron chi connectivity index (χ1n) is 5.28. The van der Waals surface area contributed by atoms with Crippen LogP contribution in [0.3, 0.4) is 0 Å². The largest absolute Gasteiger partial charge is 0.493 e. The second-order valence-corrected chi connectivity index (χ2v) is 3.20. The molecule has 0 N–H and O–H groups in total. The molecule has 0 aliphatic heterocycles. The Labute approximate surface area is 101 Å². The molecule has 4 nitrogen and oxygen atoms in total. The minimum atomic E-state index is -0.390. The minimum Gasteiger partial charge on any atom is -0.493 e. The third-order valence-corrected chi connectivity index (χ3v) is 2.10. The highest BCUT2D eigenvalue weighted by molar-refractivity contribution is 5.87. The maximum Gasteiger partial charge on any atom is 0.330 e. The van der Waals surface area contributed by atoms with Gasteiger partial charge in [-0.15, -0.1) is 0 Å². The molecule has 4 heteroatoms. The van der Waals surface area contributed by atoms with E-state index in [1.165, 1.54) is 13.2 Å². The molecular weight excluding hydrogens is 220 g/mol. The van der Waals surface area contributed by atoms with Crippen molar-refractivity contribution in [2.24, 2.45) is 0 Å². The molecular formula is C13H16O4. The fraction of sp³-hybridized carbons (Fsp3) is 0.308. The average Bonchev–Trinajstić information content (AvgIpc) is 2.36. The summed E-state index contributed by atoms with van der Waals surface area (Å²) in [5.41, 5.74) is 0.847. The van der Waals surface area contributed by atoms with E-state index in [1.807, 2.05) is 19.1 Å². The molecule has 0 saturated heterocycles. The van der Waals surface area contributed by atoms with Gasteiger partial charge in [-0.3, -0.25) is 0 Å². The molecule has 0 radical (unpaired) electrons. The van der Waals surface area contributed by atoms with Crippen LogP contribution < -0.4 is 9.47 Å². The zero-order chi connectivity index (χ0) is 12.7. The number of carbonyl (C=O) groups is 1. The van der Waals surface area contributed by atoms with E-state index in [9.17, 15) is 4.79 Å². The smallest absolute Gasteiger partial charge is 0.330 e. The Morgan fingerprint density at radius 2 is 2.06 bits per heavy atom. The van der Waals surface area contributed by atoms with Gasteiger partial charge in [0.15, 0.2) is 11.5 Å². The summed E-state index contributed by atoms with van der Waals surface area (Å²) in [7, 11) is 2.92. The number of hydrogen-bond acceptors (Lipinski definition) is 4. The van der Waals surface area contributed by atoms with Gasteiger partial charge in [0.25, 0.3) is 0 Å². The maximum absolute atomic E-state index is 11.0. The van der Waals surface area contributed by atoms with E-state index in [0.29, 0.717) is 18.1 Å². The lowest BCUT2D eigenvalue weighted by Crippen LogP contribution is -1.96. The van der Waals surface area contributed by atoms with Crippen molar-refractivity contribution in [3.05, 3.63) is 29.8 Å². The summed E-state index contributed by atoms with van der Waals surface area (Å²) < 4.78 is 15.1. The summed E-state index contributed by atoms with van der Waals surface area (Å²) in [6.07, 6.45) is 3.02. The van der Waals surface area contributed by atoms with Gasteiger partial charge < -0.3 is 14.2 Å². The van der Waals surface area contributed by atoms with E-state index >= 15 is 0 Å². The van der Waals surface area contributed by atoms with E-state index in [-0.39, 0.29) is 0 Å². The van der Waals surface area contributed by atoms with E-state index < -0.39 is 5.97 Å². The Balaban J connectivity index is 2.91. The van der Waals surface area contributed by atoms with E-state index in [2.05, 4.69) is 4.74 Å². The number of rotatable bonds is 5. The van der Waals surface area contributed by atoms with Crippen LogP contribution in [0, 0.1) is 0 Å². The normalized spacial score (nSPS) is 10.3. The minimum absolute atomic E-state index is 0.390. The molecule has 1 rings (SSSR count). The van der Waals surface area contributed by atoms with Crippen LogP contribution in [0.5, 0.6) is 11.5 Å². The molecule has 0 unspecified atom stereocenters. The molecule has 17 heavy (non-hydrogen) atoms. The van der Waals surface area contributed by atoms with Crippen molar-refractivity contribution in [3.8, 4) is 11.5 Å². The Morgan fingerprint density at radius 1 is 1.29 bits per heavy atom. The number of hydrogen-bond donors (Lipinski definition) is 0. The van der Waals surface area contributed by atoms with Crippen LogP contribution in [-0.4, -0.2) is 26.8 Å². The first kappa shape index (κ1) is 13.1. The standard InChI is InChI=1S/C13H16O4/c1-4-17-12-9-10(5-7-11(12)15-2)6-8-13(14)16-3/h5-9H,4H2,1-3H3/b8-6+. The van der Waals surface area contributed by atoms with Gasteiger partial charge in [0.05, 0.1) is 20.8 Å². The first-order valence-corrected chi connectivity index (χ1v) is 5.28. The number of esters is 1. The molecule has 0 bridgehead atoms. The fourth-order valence-electron chi connectivity index (χ4n) is 1.30. The Hall–Kier alpha value is -1.97. The van der Waals surface area contributed by atoms with Crippen LogP contribution in [0.4, 0.5) is 0 Å². The zero-order valence-corrected chi connectivity index (χ0v) is 10.2. The molecule has 1 aromatic rings. The Morgan fingerprint density at radius 3 is 2.65 bits per heavy atom. The van der Waals surface area contributed by atoms with Crippen LogP contribution in [0.15, 0.2) is 24.3 Å². The molecule has 92 valence electrons. The lowest BCUT2D eigenvalue weighted by Gasteiger charge is -2.09. The van der Waals surface area contributed by atoms with Crippen molar-refractivity contribution in [1.29, 1.82) is 0 Å². The highest BCUT2D eigenvalue weighted by atomic mass is 16.5. The summed E-state index contributed by atoms with van der Waals surface area (Å²) in [4.78, 5) is 11.0. The SMILES string of the molecule is CCOc1cc(/C=C/C(=O)OC)ccc1OC.